The first-order valence-corrected chi connectivity index (χ1v) is 5.00. The summed E-state index contributed by atoms with van der Waals surface area (Å²) in [6.07, 6.45) is 1.18. The molecule has 0 saturated carbocycles. The van der Waals surface area contributed by atoms with Crippen molar-refractivity contribution in [3.05, 3.63) is 12.7 Å². The fourth-order valence-electron chi connectivity index (χ4n) is 1.50. The van der Waals surface area contributed by atoms with Gasteiger partial charge >= 0.3 is 12.1 Å². The van der Waals surface area contributed by atoms with E-state index in [-0.39, 0.29) is 13.2 Å². The fourth-order valence-corrected chi connectivity index (χ4v) is 1.50. The Balaban J connectivity index is 2.46. The van der Waals surface area contributed by atoms with Crippen molar-refractivity contribution in [3.8, 4) is 0 Å². The molecule has 1 amide bonds. The van der Waals surface area contributed by atoms with E-state index in [4.69, 9.17) is 14.6 Å². The molecule has 6 heteroatoms. The molecule has 0 radical (unpaired) electrons. The van der Waals surface area contributed by atoms with Crippen LogP contribution in [0.5, 0.6) is 0 Å². The normalized spacial score (nSPS) is 24.5. The van der Waals surface area contributed by atoms with Crippen molar-refractivity contribution in [1.29, 1.82) is 0 Å². The molecule has 90 valence electrons. The fraction of sp³-hybridized carbons (Fsp3) is 0.600. The first-order chi connectivity index (χ1) is 7.65. The van der Waals surface area contributed by atoms with Gasteiger partial charge in [0.05, 0.1) is 18.6 Å². The molecule has 1 aliphatic rings. The van der Waals surface area contributed by atoms with E-state index in [0.29, 0.717) is 13.0 Å². The van der Waals surface area contributed by atoms with Crippen molar-refractivity contribution >= 4 is 12.1 Å². The third-order valence-corrected chi connectivity index (χ3v) is 2.31. The lowest BCUT2D eigenvalue weighted by molar-refractivity contribution is -0.146. The third kappa shape index (κ3) is 3.54. The monoisotopic (exact) mass is 229 g/mol. The Labute approximate surface area is 93.2 Å². The lowest BCUT2D eigenvalue weighted by Gasteiger charge is -2.28. The van der Waals surface area contributed by atoms with Crippen molar-refractivity contribution < 1.29 is 24.2 Å². The number of carbonyl (C=O) groups is 2. The molecule has 6 nitrogen and oxygen atoms in total. The highest BCUT2D eigenvalue weighted by atomic mass is 16.5. The van der Waals surface area contributed by atoms with E-state index in [1.54, 1.807) is 0 Å². The topological polar surface area (TPSA) is 84.9 Å². The number of carboxylic acid groups (broad SMARTS) is 1. The molecule has 0 aliphatic carbocycles. The number of ether oxygens (including phenoxy) is 2. The summed E-state index contributed by atoms with van der Waals surface area (Å²) in [6.45, 7) is 4.09. The van der Waals surface area contributed by atoms with E-state index in [2.05, 4.69) is 11.9 Å². The summed E-state index contributed by atoms with van der Waals surface area (Å²) in [5.41, 5.74) is 0. The molecule has 1 fully saturated rings. The molecule has 2 N–H and O–H groups in total. The van der Waals surface area contributed by atoms with E-state index in [1.807, 2.05) is 0 Å². The molecule has 1 heterocycles. The molecule has 2 atom stereocenters. The summed E-state index contributed by atoms with van der Waals surface area (Å²) >= 11 is 0. The molecule has 1 rings (SSSR count). The third-order valence-electron chi connectivity index (χ3n) is 2.31. The van der Waals surface area contributed by atoms with Crippen molar-refractivity contribution in [3.63, 3.8) is 0 Å². The second kappa shape index (κ2) is 6.12. The van der Waals surface area contributed by atoms with Gasteiger partial charge in [0.25, 0.3) is 0 Å². The van der Waals surface area contributed by atoms with Gasteiger partial charge < -0.3 is 19.9 Å². The van der Waals surface area contributed by atoms with Crippen LogP contribution in [0.4, 0.5) is 4.79 Å². The molecular weight excluding hydrogens is 214 g/mol. The van der Waals surface area contributed by atoms with E-state index in [9.17, 15) is 9.59 Å². The van der Waals surface area contributed by atoms with E-state index in [0.717, 1.165) is 0 Å². The zero-order chi connectivity index (χ0) is 12.0. The average Bonchev–Trinajstić information content (AvgIpc) is 2.27. The lowest BCUT2D eigenvalue weighted by Crippen LogP contribution is -2.49. The van der Waals surface area contributed by atoms with Crippen LogP contribution in [0.1, 0.15) is 6.42 Å². The predicted octanol–water partition coefficient (Wildman–Crippen LogP) is 0.388. The van der Waals surface area contributed by atoms with Crippen molar-refractivity contribution in [2.45, 2.75) is 12.5 Å². The Hall–Kier alpha value is -1.56. The Morgan fingerprint density at radius 2 is 2.38 bits per heavy atom. The first-order valence-electron chi connectivity index (χ1n) is 5.00. The molecule has 0 bridgehead atoms. The number of amides is 1. The molecule has 0 aromatic heterocycles. The van der Waals surface area contributed by atoms with Gasteiger partial charge in [-0.1, -0.05) is 12.7 Å². The number of hydrogen-bond donors (Lipinski definition) is 2. The Bertz CT molecular complexity index is 278. The second-order valence-corrected chi connectivity index (χ2v) is 3.45. The molecule has 16 heavy (non-hydrogen) atoms. The van der Waals surface area contributed by atoms with Crippen LogP contribution in [0, 0.1) is 5.92 Å². The highest BCUT2D eigenvalue weighted by Gasteiger charge is 2.32. The van der Waals surface area contributed by atoms with Crippen LogP contribution in [0.2, 0.25) is 0 Å². The Morgan fingerprint density at radius 1 is 1.62 bits per heavy atom. The molecule has 0 aromatic rings. The van der Waals surface area contributed by atoms with Gasteiger partial charge in [-0.25, -0.2) is 4.79 Å². The molecule has 1 aliphatic heterocycles. The minimum Gasteiger partial charge on any atom is -0.481 e. The summed E-state index contributed by atoms with van der Waals surface area (Å²) in [5.74, 6) is -1.55. The van der Waals surface area contributed by atoms with Gasteiger partial charge in [-0.3, -0.25) is 4.79 Å². The summed E-state index contributed by atoms with van der Waals surface area (Å²) < 4.78 is 9.82. The number of aliphatic carboxylic acids is 1. The zero-order valence-corrected chi connectivity index (χ0v) is 8.85. The van der Waals surface area contributed by atoms with Gasteiger partial charge in [0.2, 0.25) is 0 Å². The number of alkyl carbamates (subject to hydrolysis) is 1. The molecule has 0 aromatic carbocycles. The van der Waals surface area contributed by atoms with Gasteiger partial charge in [-0.15, -0.1) is 0 Å². The van der Waals surface area contributed by atoms with Gasteiger partial charge in [0.15, 0.2) is 0 Å². The summed E-state index contributed by atoms with van der Waals surface area (Å²) in [7, 11) is 0. The number of rotatable bonds is 4. The van der Waals surface area contributed by atoms with Crippen molar-refractivity contribution in [2.75, 3.05) is 19.8 Å². The van der Waals surface area contributed by atoms with Gasteiger partial charge in [0.1, 0.15) is 6.61 Å². The van der Waals surface area contributed by atoms with Crippen LogP contribution in [-0.4, -0.2) is 43.0 Å². The van der Waals surface area contributed by atoms with Crippen LogP contribution in [0.25, 0.3) is 0 Å². The molecule has 0 spiro atoms. The summed E-state index contributed by atoms with van der Waals surface area (Å²) in [6, 6.07) is -0.538. The standard InChI is InChI=1S/C10H15NO5/c1-2-4-16-10(14)11-8-6-15-5-3-7(8)9(12)13/h2,7-8H,1,3-6H2,(H,11,14)(H,12,13)/t7-,8+/m1/s1. The maximum absolute atomic E-state index is 11.2. The van der Waals surface area contributed by atoms with E-state index >= 15 is 0 Å². The van der Waals surface area contributed by atoms with Gasteiger partial charge in [-0.05, 0) is 6.42 Å². The quantitative estimate of drug-likeness (QED) is 0.681. The van der Waals surface area contributed by atoms with Crippen LogP contribution >= 0.6 is 0 Å². The van der Waals surface area contributed by atoms with Gasteiger partial charge in [0, 0.05) is 6.61 Å². The maximum atomic E-state index is 11.2. The molecular formula is C10H15NO5. The minimum absolute atomic E-state index is 0.0944. The Morgan fingerprint density at radius 3 is 3.00 bits per heavy atom. The Kier molecular flexibility index (Phi) is 4.78. The summed E-state index contributed by atoms with van der Waals surface area (Å²) in [4.78, 5) is 22.1. The number of hydrogen-bond acceptors (Lipinski definition) is 4. The first kappa shape index (κ1) is 12.5. The predicted molar refractivity (Wildman–Crippen MR) is 55.0 cm³/mol. The van der Waals surface area contributed by atoms with Crippen LogP contribution in [-0.2, 0) is 14.3 Å². The summed E-state index contributed by atoms with van der Waals surface area (Å²) in [5, 5.41) is 11.4. The van der Waals surface area contributed by atoms with Gasteiger partial charge in [-0.2, -0.15) is 0 Å². The minimum atomic E-state index is -0.933. The second-order valence-electron chi connectivity index (χ2n) is 3.45. The molecule has 0 unspecified atom stereocenters. The smallest absolute Gasteiger partial charge is 0.407 e. The largest absolute Gasteiger partial charge is 0.481 e. The molecule has 1 saturated heterocycles. The SMILES string of the molecule is C=CCOC(=O)N[C@H]1COCC[C@H]1C(=O)O. The zero-order valence-electron chi connectivity index (χ0n) is 8.85. The van der Waals surface area contributed by atoms with E-state index < -0.39 is 24.0 Å². The highest BCUT2D eigenvalue weighted by Crippen LogP contribution is 2.15. The van der Waals surface area contributed by atoms with Crippen molar-refractivity contribution in [2.24, 2.45) is 5.92 Å². The average molecular weight is 229 g/mol. The van der Waals surface area contributed by atoms with Crippen LogP contribution < -0.4 is 5.32 Å². The number of carboxylic acids is 1. The number of carbonyl (C=O) groups excluding carboxylic acids is 1. The highest BCUT2D eigenvalue weighted by molar-refractivity contribution is 5.73. The van der Waals surface area contributed by atoms with Crippen LogP contribution in [0.15, 0.2) is 12.7 Å². The van der Waals surface area contributed by atoms with E-state index in [1.165, 1.54) is 6.08 Å². The maximum Gasteiger partial charge on any atom is 0.407 e. The van der Waals surface area contributed by atoms with Crippen LogP contribution in [0.3, 0.4) is 0 Å². The lowest BCUT2D eigenvalue weighted by atomic mass is 9.95. The number of nitrogens with one attached hydrogen (secondary N) is 1. The van der Waals surface area contributed by atoms with Crippen molar-refractivity contribution in [1.82, 2.24) is 5.32 Å².